The van der Waals surface area contributed by atoms with Gasteiger partial charge in [0.05, 0.1) is 27.5 Å². The van der Waals surface area contributed by atoms with Gasteiger partial charge in [-0.25, -0.2) is 4.79 Å². The summed E-state index contributed by atoms with van der Waals surface area (Å²) in [4.78, 5) is 16.4. The normalized spacial score (nSPS) is 10.6. The first-order valence-corrected chi connectivity index (χ1v) is 6.73. The molecule has 0 aliphatic rings. The minimum Gasteiger partial charge on any atom is -0.493 e. The SMILES string of the molecule is COC(=O)c1ccc(CO/N=C\c2cccc(OC)c2OC)o1. The van der Waals surface area contributed by atoms with E-state index in [2.05, 4.69) is 9.89 Å². The van der Waals surface area contributed by atoms with Crippen LogP contribution in [0.5, 0.6) is 11.5 Å². The van der Waals surface area contributed by atoms with Crippen LogP contribution in [0.2, 0.25) is 0 Å². The molecule has 7 nitrogen and oxygen atoms in total. The van der Waals surface area contributed by atoms with Gasteiger partial charge in [-0.2, -0.15) is 0 Å². The molecule has 0 amide bonds. The van der Waals surface area contributed by atoms with Crippen LogP contribution < -0.4 is 9.47 Å². The van der Waals surface area contributed by atoms with Crippen LogP contribution in [0.4, 0.5) is 0 Å². The molecule has 0 unspecified atom stereocenters. The van der Waals surface area contributed by atoms with E-state index in [1.165, 1.54) is 19.4 Å². The minimum atomic E-state index is -0.541. The molecule has 122 valence electrons. The molecular weight excluding hydrogens is 302 g/mol. The first-order chi connectivity index (χ1) is 11.2. The number of nitrogens with zero attached hydrogens (tertiary/aromatic N) is 1. The molecule has 0 spiro atoms. The van der Waals surface area contributed by atoms with Gasteiger partial charge in [-0.05, 0) is 24.3 Å². The van der Waals surface area contributed by atoms with Crippen molar-refractivity contribution in [2.75, 3.05) is 21.3 Å². The summed E-state index contributed by atoms with van der Waals surface area (Å²) in [6, 6.07) is 8.55. The van der Waals surface area contributed by atoms with Crippen LogP contribution in [0.1, 0.15) is 21.9 Å². The fourth-order valence-electron chi connectivity index (χ4n) is 1.87. The van der Waals surface area contributed by atoms with Crippen molar-refractivity contribution in [1.29, 1.82) is 0 Å². The smallest absolute Gasteiger partial charge is 0.373 e. The zero-order valence-electron chi connectivity index (χ0n) is 13.1. The van der Waals surface area contributed by atoms with Crippen molar-refractivity contribution in [2.24, 2.45) is 5.16 Å². The molecule has 2 aromatic rings. The Morgan fingerprint density at radius 2 is 2.00 bits per heavy atom. The second-order valence-corrected chi connectivity index (χ2v) is 4.35. The number of furan rings is 1. The van der Waals surface area contributed by atoms with Gasteiger partial charge in [-0.3, -0.25) is 0 Å². The highest BCUT2D eigenvalue weighted by Crippen LogP contribution is 2.29. The van der Waals surface area contributed by atoms with Crippen LogP contribution in [-0.4, -0.2) is 33.5 Å². The largest absolute Gasteiger partial charge is 0.493 e. The highest BCUT2D eigenvalue weighted by atomic mass is 16.6. The zero-order chi connectivity index (χ0) is 16.7. The van der Waals surface area contributed by atoms with E-state index >= 15 is 0 Å². The fraction of sp³-hybridized carbons (Fsp3) is 0.250. The number of ether oxygens (including phenoxy) is 3. The summed E-state index contributed by atoms with van der Waals surface area (Å²) in [6.45, 7) is 0.0831. The Hall–Kier alpha value is -2.96. The predicted octanol–water partition coefficient (Wildman–Crippen LogP) is 2.63. The Labute approximate surface area is 133 Å². The van der Waals surface area contributed by atoms with Gasteiger partial charge in [-0.1, -0.05) is 11.2 Å². The maximum Gasteiger partial charge on any atom is 0.373 e. The van der Waals surface area contributed by atoms with Crippen molar-refractivity contribution in [2.45, 2.75) is 6.61 Å². The van der Waals surface area contributed by atoms with E-state index in [4.69, 9.17) is 18.7 Å². The number of oxime groups is 1. The van der Waals surface area contributed by atoms with Crippen LogP contribution in [0.15, 0.2) is 39.9 Å². The maximum atomic E-state index is 11.3. The topological polar surface area (TPSA) is 79.5 Å². The Morgan fingerprint density at radius 3 is 2.70 bits per heavy atom. The average molecular weight is 319 g/mol. The average Bonchev–Trinajstić information content (AvgIpc) is 3.06. The third-order valence-electron chi connectivity index (χ3n) is 2.95. The van der Waals surface area contributed by atoms with Crippen molar-refractivity contribution in [3.63, 3.8) is 0 Å². The lowest BCUT2D eigenvalue weighted by atomic mass is 10.2. The second kappa shape index (κ2) is 7.88. The molecule has 0 fully saturated rings. The molecule has 0 aliphatic carbocycles. The summed E-state index contributed by atoms with van der Waals surface area (Å²) < 4.78 is 20.3. The maximum absolute atomic E-state index is 11.3. The number of para-hydroxylation sites is 1. The Bertz CT molecular complexity index is 692. The third kappa shape index (κ3) is 4.03. The summed E-state index contributed by atoms with van der Waals surface area (Å²) in [7, 11) is 4.39. The standard InChI is InChI=1S/C16H17NO6/c1-19-13-6-4-5-11(15(13)20-2)9-17-22-10-12-7-8-14(23-12)16(18)21-3/h4-9H,10H2,1-3H3/b17-9-. The summed E-state index contributed by atoms with van der Waals surface area (Å²) in [6.07, 6.45) is 1.51. The number of hydrogen-bond acceptors (Lipinski definition) is 7. The van der Waals surface area contributed by atoms with Gasteiger partial charge in [0.1, 0.15) is 5.76 Å². The van der Waals surface area contributed by atoms with E-state index in [1.807, 2.05) is 12.1 Å². The quantitative estimate of drug-likeness (QED) is 0.443. The number of methoxy groups -OCH3 is 3. The summed E-state index contributed by atoms with van der Waals surface area (Å²) in [5.74, 6) is 1.20. The Kier molecular flexibility index (Phi) is 5.62. The molecule has 2 rings (SSSR count). The molecule has 1 heterocycles. The van der Waals surface area contributed by atoms with Crippen molar-refractivity contribution in [3.8, 4) is 11.5 Å². The molecule has 1 aromatic heterocycles. The third-order valence-corrected chi connectivity index (χ3v) is 2.95. The molecule has 0 bridgehead atoms. The Balaban J connectivity index is 1.97. The van der Waals surface area contributed by atoms with Crippen LogP contribution in [0.25, 0.3) is 0 Å². The fourth-order valence-corrected chi connectivity index (χ4v) is 1.87. The van der Waals surface area contributed by atoms with Crippen molar-refractivity contribution < 1.29 is 28.3 Å². The molecule has 0 N–H and O–H groups in total. The zero-order valence-corrected chi connectivity index (χ0v) is 13.1. The van der Waals surface area contributed by atoms with Crippen molar-refractivity contribution in [3.05, 3.63) is 47.4 Å². The molecule has 1 aromatic carbocycles. The van der Waals surface area contributed by atoms with Crippen molar-refractivity contribution >= 4 is 12.2 Å². The predicted molar refractivity (Wildman–Crippen MR) is 82.0 cm³/mol. The number of benzene rings is 1. The van der Waals surface area contributed by atoms with Gasteiger partial charge in [0.15, 0.2) is 18.1 Å². The summed E-state index contributed by atoms with van der Waals surface area (Å²) in [5, 5.41) is 3.86. The first-order valence-electron chi connectivity index (χ1n) is 6.73. The van der Waals surface area contributed by atoms with Gasteiger partial charge in [0.2, 0.25) is 5.76 Å². The number of carbonyl (C=O) groups excluding carboxylic acids is 1. The minimum absolute atomic E-state index is 0.0831. The molecular formula is C16H17NO6. The van der Waals surface area contributed by atoms with E-state index in [0.29, 0.717) is 22.8 Å². The number of esters is 1. The van der Waals surface area contributed by atoms with Gasteiger partial charge in [-0.15, -0.1) is 0 Å². The van der Waals surface area contributed by atoms with E-state index in [0.717, 1.165) is 0 Å². The van der Waals surface area contributed by atoms with E-state index in [9.17, 15) is 4.79 Å². The van der Waals surface area contributed by atoms with Gasteiger partial charge < -0.3 is 23.5 Å². The first kappa shape index (κ1) is 16.4. The van der Waals surface area contributed by atoms with Gasteiger partial charge in [0.25, 0.3) is 0 Å². The van der Waals surface area contributed by atoms with E-state index in [-0.39, 0.29) is 12.4 Å². The van der Waals surface area contributed by atoms with E-state index < -0.39 is 5.97 Å². The molecule has 0 atom stereocenters. The molecule has 23 heavy (non-hydrogen) atoms. The molecule has 0 aliphatic heterocycles. The summed E-state index contributed by atoms with van der Waals surface area (Å²) in [5.41, 5.74) is 0.710. The molecule has 0 saturated heterocycles. The van der Waals surface area contributed by atoms with Crippen LogP contribution in [-0.2, 0) is 16.2 Å². The lowest BCUT2D eigenvalue weighted by Crippen LogP contribution is -1.98. The van der Waals surface area contributed by atoms with Crippen LogP contribution >= 0.6 is 0 Å². The van der Waals surface area contributed by atoms with Crippen molar-refractivity contribution in [1.82, 2.24) is 0 Å². The molecule has 7 heteroatoms. The Morgan fingerprint density at radius 1 is 1.17 bits per heavy atom. The number of carbonyl (C=O) groups is 1. The van der Waals surface area contributed by atoms with Crippen LogP contribution in [0.3, 0.4) is 0 Å². The number of rotatable bonds is 7. The lowest BCUT2D eigenvalue weighted by Gasteiger charge is -2.09. The molecule has 0 saturated carbocycles. The monoisotopic (exact) mass is 319 g/mol. The van der Waals surface area contributed by atoms with Gasteiger partial charge >= 0.3 is 5.97 Å². The lowest BCUT2D eigenvalue weighted by molar-refractivity contribution is 0.0553. The second-order valence-electron chi connectivity index (χ2n) is 4.35. The van der Waals surface area contributed by atoms with Gasteiger partial charge in [0, 0.05) is 5.56 Å². The molecule has 0 radical (unpaired) electrons. The van der Waals surface area contributed by atoms with E-state index in [1.54, 1.807) is 26.4 Å². The highest BCUT2D eigenvalue weighted by molar-refractivity contribution is 5.86. The number of hydrogen-bond donors (Lipinski definition) is 0. The summed E-state index contributed by atoms with van der Waals surface area (Å²) >= 11 is 0. The van der Waals surface area contributed by atoms with Crippen LogP contribution in [0, 0.1) is 0 Å². The highest BCUT2D eigenvalue weighted by Gasteiger charge is 2.11.